The number of hydrogen-bond acceptors (Lipinski definition) is 4. The molecule has 0 aromatic carbocycles. The van der Waals surface area contributed by atoms with Gasteiger partial charge in [0.1, 0.15) is 5.82 Å². The van der Waals surface area contributed by atoms with Gasteiger partial charge in [0.2, 0.25) is 5.91 Å². The summed E-state index contributed by atoms with van der Waals surface area (Å²) >= 11 is 0. The zero-order valence-corrected chi connectivity index (χ0v) is 9.89. The first-order valence-corrected chi connectivity index (χ1v) is 5.77. The lowest BCUT2D eigenvalue weighted by Gasteiger charge is -2.20. The van der Waals surface area contributed by atoms with Gasteiger partial charge in [0.05, 0.1) is 6.61 Å². The summed E-state index contributed by atoms with van der Waals surface area (Å²) in [5.41, 5.74) is 0.830. The Labute approximate surface area is 100 Å². The van der Waals surface area contributed by atoms with Crippen LogP contribution >= 0.6 is 0 Å². The zero-order valence-electron chi connectivity index (χ0n) is 9.89. The van der Waals surface area contributed by atoms with E-state index in [1.165, 1.54) is 6.92 Å². The Morgan fingerprint density at radius 2 is 2.53 bits per heavy atom. The number of carbonyl (C=O) groups excluding carboxylic acids is 1. The van der Waals surface area contributed by atoms with E-state index in [0.29, 0.717) is 0 Å². The molecule has 0 bridgehead atoms. The van der Waals surface area contributed by atoms with Gasteiger partial charge in [-0.2, -0.15) is 0 Å². The lowest BCUT2D eigenvalue weighted by atomic mass is 10.2. The van der Waals surface area contributed by atoms with Gasteiger partial charge in [-0.3, -0.25) is 4.79 Å². The van der Waals surface area contributed by atoms with Crippen LogP contribution in [0.15, 0.2) is 18.3 Å². The molecular weight excluding hydrogens is 218 g/mol. The van der Waals surface area contributed by atoms with Gasteiger partial charge in [-0.15, -0.1) is 0 Å². The standard InChI is InChI=1S/C12H17N3O2/c1-9(17)14-11-4-6-15(7-11)12-10(8-16)3-2-5-13-12/h2-3,5,11,16H,4,6-8H2,1H3,(H,14,17). The largest absolute Gasteiger partial charge is 0.392 e. The first-order chi connectivity index (χ1) is 8.20. The van der Waals surface area contributed by atoms with E-state index in [0.717, 1.165) is 30.9 Å². The molecule has 0 radical (unpaired) electrons. The van der Waals surface area contributed by atoms with Crippen molar-refractivity contribution in [1.82, 2.24) is 10.3 Å². The second kappa shape index (κ2) is 5.14. The lowest BCUT2D eigenvalue weighted by Crippen LogP contribution is -2.35. The summed E-state index contributed by atoms with van der Waals surface area (Å²) in [6.07, 6.45) is 2.64. The van der Waals surface area contributed by atoms with Crippen LogP contribution < -0.4 is 10.2 Å². The van der Waals surface area contributed by atoms with Crippen LogP contribution in [0.3, 0.4) is 0 Å². The van der Waals surface area contributed by atoms with Crippen molar-refractivity contribution >= 4 is 11.7 Å². The maximum Gasteiger partial charge on any atom is 0.217 e. The van der Waals surface area contributed by atoms with E-state index in [1.54, 1.807) is 6.20 Å². The molecule has 1 aromatic heterocycles. The highest BCUT2D eigenvalue weighted by Gasteiger charge is 2.25. The third kappa shape index (κ3) is 2.74. The fourth-order valence-corrected chi connectivity index (χ4v) is 2.20. The Morgan fingerprint density at radius 1 is 1.71 bits per heavy atom. The summed E-state index contributed by atoms with van der Waals surface area (Å²) in [5, 5.41) is 12.2. The van der Waals surface area contributed by atoms with Gasteiger partial charge in [0.15, 0.2) is 0 Å². The van der Waals surface area contributed by atoms with Gasteiger partial charge in [0, 0.05) is 37.8 Å². The van der Waals surface area contributed by atoms with Crippen molar-refractivity contribution in [3.63, 3.8) is 0 Å². The zero-order chi connectivity index (χ0) is 12.3. The fourth-order valence-electron chi connectivity index (χ4n) is 2.20. The summed E-state index contributed by atoms with van der Waals surface area (Å²) in [5.74, 6) is 0.822. The average molecular weight is 235 g/mol. The number of anilines is 1. The molecular formula is C12H17N3O2. The first-order valence-electron chi connectivity index (χ1n) is 5.77. The number of nitrogens with zero attached hydrogens (tertiary/aromatic N) is 2. The maximum atomic E-state index is 11.0. The molecule has 1 saturated heterocycles. The van der Waals surface area contributed by atoms with Crippen LogP contribution in [-0.4, -0.2) is 35.1 Å². The van der Waals surface area contributed by atoms with E-state index < -0.39 is 0 Å². The summed E-state index contributed by atoms with van der Waals surface area (Å²) in [6.45, 7) is 3.13. The first kappa shape index (κ1) is 11.9. The second-order valence-electron chi connectivity index (χ2n) is 4.28. The van der Waals surface area contributed by atoms with Gasteiger partial charge in [0.25, 0.3) is 0 Å². The summed E-state index contributed by atoms with van der Waals surface area (Å²) in [6, 6.07) is 3.87. The van der Waals surface area contributed by atoms with Crippen molar-refractivity contribution in [3.8, 4) is 0 Å². The number of aliphatic hydroxyl groups excluding tert-OH is 1. The molecule has 0 aliphatic carbocycles. The minimum atomic E-state index is -0.00945. The molecule has 0 spiro atoms. The molecule has 1 amide bonds. The molecule has 1 aromatic rings. The molecule has 92 valence electrons. The molecule has 1 aliphatic rings. The van der Waals surface area contributed by atoms with E-state index >= 15 is 0 Å². The Hall–Kier alpha value is -1.62. The Bertz CT molecular complexity index is 408. The van der Waals surface area contributed by atoms with Crippen LogP contribution in [-0.2, 0) is 11.4 Å². The summed E-state index contributed by atoms with van der Waals surface area (Å²) in [7, 11) is 0. The quantitative estimate of drug-likeness (QED) is 0.790. The van der Waals surface area contributed by atoms with E-state index in [2.05, 4.69) is 15.2 Å². The molecule has 2 rings (SSSR count). The molecule has 17 heavy (non-hydrogen) atoms. The molecule has 2 N–H and O–H groups in total. The Balaban J connectivity index is 2.07. The van der Waals surface area contributed by atoms with Crippen LogP contribution in [0.5, 0.6) is 0 Å². The third-order valence-electron chi connectivity index (χ3n) is 2.93. The normalized spacial score (nSPS) is 19.4. The van der Waals surface area contributed by atoms with Crippen molar-refractivity contribution in [3.05, 3.63) is 23.9 Å². The minimum absolute atomic E-state index is 0.000234. The highest BCUT2D eigenvalue weighted by molar-refractivity contribution is 5.73. The van der Waals surface area contributed by atoms with Crippen molar-refractivity contribution in [2.75, 3.05) is 18.0 Å². The lowest BCUT2D eigenvalue weighted by molar-refractivity contribution is -0.119. The smallest absolute Gasteiger partial charge is 0.217 e. The maximum absolute atomic E-state index is 11.0. The topological polar surface area (TPSA) is 65.5 Å². The molecule has 1 atom stereocenters. The predicted octanol–water partition coefficient (Wildman–Crippen LogP) is 0.289. The highest BCUT2D eigenvalue weighted by atomic mass is 16.3. The molecule has 1 unspecified atom stereocenters. The number of nitrogens with one attached hydrogen (secondary N) is 1. The van der Waals surface area contributed by atoms with Crippen LogP contribution in [0.4, 0.5) is 5.82 Å². The monoisotopic (exact) mass is 235 g/mol. The van der Waals surface area contributed by atoms with Crippen molar-refractivity contribution in [2.45, 2.75) is 26.0 Å². The van der Waals surface area contributed by atoms with E-state index in [4.69, 9.17) is 0 Å². The van der Waals surface area contributed by atoms with Crippen LogP contribution in [0.25, 0.3) is 0 Å². The summed E-state index contributed by atoms with van der Waals surface area (Å²) in [4.78, 5) is 17.4. The molecule has 0 saturated carbocycles. The average Bonchev–Trinajstić information content (AvgIpc) is 2.76. The van der Waals surface area contributed by atoms with Gasteiger partial charge < -0.3 is 15.3 Å². The van der Waals surface area contributed by atoms with Crippen molar-refractivity contribution in [1.29, 1.82) is 0 Å². The van der Waals surface area contributed by atoms with E-state index in [-0.39, 0.29) is 18.6 Å². The summed E-state index contributed by atoms with van der Waals surface area (Å²) < 4.78 is 0. The van der Waals surface area contributed by atoms with Gasteiger partial charge in [-0.05, 0) is 12.5 Å². The number of aliphatic hydroxyl groups is 1. The van der Waals surface area contributed by atoms with Crippen LogP contribution in [0, 0.1) is 0 Å². The molecule has 5 nitrogen and oxygen atoms in total. The number of amides is 1. The van der Waals surface area contributed by atoms with Crippen molar-refractivity contribution in [2.24, 2.45) is 0 Å². The van der Waals surface area contributed by atoms with E-state index in [1.807, 2.05) is 12.1 Å². The molecule has 5 heteroatoms. The number of carbonyl (C=O) groups is 1. The number of rotatable bonds is 3. The Kier molecular flexibility index (Phi) is 3.58. The van der Waals surface area contributed by atoms with Gasteiger partial charge in [-0.1, -0.05) is 6.07 Å². The SMILES string of the molecule is CC(=O)NC1CCN(c2ncccc2CO)C1. The number of pyridine rings is 1. The second-order valence-corrected chi connectivity index (χ2v) is 4.28. The highest BCUT2D eigenvalue weighted by Crippen LogP contribution is 2.21. The predicted molar refractivity (Wildman–Crippen MR) is 64.6 cm³/mol. The number of hydrogen-bond donors (Lipinski definition) is 2. The van der Waals surface area contributed by atoms with Crippen LogP contribution in [0.2, 0.25) is 0 Å². The molecule has 2 heterocycles. The Morgan fingerprint density at radius 3 is 3.24 bits per heavy atom. The van der Waals surface area contributed by atoms with Crippen molar-refractivity contribution < 1.29 is 9.90 Å². The molecule has 1 aliphatic heterocycles. The van der Waals surface area contributed by atoms with Gasteiger partial charge in [-0.25, -0.2) is 4.98 Å². The van der Waals surface area contributed by atoms with Crippen LogP contribution in [0.1, 0.15) is 18.9 Å². The minimum Gasteiger partial charge on any atom is -0.392 e. The number of aromatic nitrogens is 1. The molecule has 1 fully saturated rings. The van der Waals surface area contributed by atoms with E-state index in [9.17, 15) is 9.90 Å². The van der Waals surface area contributed by atoms with Gasteiger partial charge >= 0.3 is 0 Å². The fraction of sp³-hybridized carbons (Fsp3) is 0.500. The third-order valence-corrected chi connectivity index (χ3v) is 2.93.